The van der Waals surface area contributed by atoms with Crippen LogP contribution in [0.15, 0.2) is 40.9 Å². The number of benzene rings is 2. The molecular weight excluding hydrogens is 360 g/mol. The number of hydrogen-bond acceptors (Lipinski definition) is 4. The third-order valence-electron chi connectivity index (χ3n) is 2.84. The SMILES string of the molecule is C[C@@H](N)c1ccc(Oc2c(Br)cccc2[N+](=O)[O-])c(Cl)c1. The Labute approximate surface area is 134 Å². The van der Waals surface area contributed by atoms with E-state index in [1.807, 2.05) is 6.92 Å². The Morgan fingerprint density at radius 3 is 2.67 bits per heavy atom. The van der Waals surface area contributed by atoms with Crippen LogP contribution in [0, 0.1) is 10.1 Å². The van der Waals surface area contributed by atoms with E-state index in [2.05, 4.69) is 15.9 Å². The molecule has 0 fully saturated rings. The summed E-state index contributed by atoms with van der Waals surface area (Å²) in [5.74, 6) is 0.439. The molecule has 0 unspecified atom stereocenters. The normalized spacial score (nSPS) is 12.0. The summed E-state index contributed by atoms with van der Waals surface area (Å²) in [6.07, 6.45) is 0. The summed E-state index contributed by atoms with van der Waals surface area (Å²) in [5, 5.41) is 11.4. The summed E-state index contributed by atoms with van der Waals surface area (Å²) in [6, 6.07) is 9.53. The molecule has 0 aliphatic rings. The van der Waals surface area contributed by atoms with Crippen LogP contribution in [-0.2, 0) is 0 Å². The molecule has 21 heavy (non-hydrogen) atoms. The van der Waals surface area contributed by atoms with Gasteiger partial charge in [-0.15, -0.1) is 0 Å². The average molecular weight is 372 g/mol. The molecule has 0 saturated carbocycles. The van der Waals surface area contributed by atoms with Gasteiger partial charge in [-0.25, -0.2) is 0 Å². The first kappa shape index (κ1) is 15.8. The molecule has 0 bridgehead atoms. The number of nitrogens with two attached hydrogens (primary N) is 1. The summed E-state index contributed by atoms with van der Waals surface area (Å²) >= 11 is 9.38. The van der Waals surface area contributed by atoms with Gasteiger partial charge in [-0.2, -0.15) is 0 Å². The number of rotatable bonds is 4. The first-order valence-corrected chi connectivity index (χ1v) is 7.23. The highest BCUT2D eigenvalue weighted by atomic mass is 79.9. The first-order valence-electron chi connectivity index (χ1n) is 6.06. The number of nitro groups is 1. The van der Waals surface area contributed by atoms with E-state index in [0.29, 0.717) is 15.2 Å². The minimum Gasteiger partial charge on any atom is -0.447 e. The number of ether oxygens (including phenoxy) is 1. The lowest BCUT2D eigenvalue weighted by atomic mass is 10.1. The predicted molar refractivity (Wildman–Crippen MR) is 84.9 cm³/mol. The average Bonchev–Trinajstić information content (AvgIpc) is 2.42. The quantitative estimate of drug-likeness (QED) is 0.617. The van der Waals surface area contributed by atoms with E-state index >= 15 is 0 Å². The van der Waals surface area contributed by atoms with Gasteiger partial charge in [0.15, 0.2) is 0 Å². The fourth-order valence-electron chi connectivity index (χ4n) is 1.74. The predicted octanol–water partition coefficient (Wildman–Crippen LogP) is 4.82. The van der Waals surface area contributed by atoms with Gasteiger partial charge in [-0.05, 0) is 46.6 Å². The first-order chi connectivity index (χ1) is 9.90. The molecule has 110 valence electrons. The molecule has 2 N–H and O–H groups in total. The van der Waals surface area contributed by atoms with Crippen molar-refractivity contribution in [2.45, 2.75) is 13.0 Å². The zero-order valence-corrected chi connectivity index (χ0v) is 13.4. The third kappa shape index (κ3) is 3.53. The molecule has 5 nitrogen and oxygen atoms in total. The number of para-hydroxylation sites is 1. The molecule has 2 rings (SSSR count). The van der Waals surface area contributed by atoms with Crippen molar-refractivity contribution in [3.05, 3.63) is 61.6 Å². The van der Waals surface area contributed by atoms with Crippen LogP contribution in [0.2, 0.25) is 5.02 Å². The van der Waals surface area contributed by atoms with Crippen molar-refractivity contribution in [2.24, 2.45) is 5.73 Å². The number of hydrogen-bond donors (Lipinski definition) is 1. The van der Waals surface area contributed by atoms with Gasteiger partial charge in [0.2, 0.25) is 5.75 Å². The van der Waals surface area contributed by atoms with Gasteiger partial charge in [0.1, 0.15) is 5.75 Å². The standard InChI is InChI=1S/C14H12BrClN2O3/c1-8(17)9-5-6-13(11(16)7-9)21-14-10(15)3-2-4-12(14)18(19)20/h2-8H,17H2,1H3/t8-/m1/s1. The Balaban J connectivity index is 2.41. The van der Waals surface area contributed by atoms with E-state index in [4.69, 9.17) is 22.1 Å². The molecule has 2 aromatic carbocycles. The molecule has 0 aromatic heterocycles. The molecule has 0 amide bonds. The van der Waals surface area contributed by atoms with E-state index in [0.717, 1.165) is 5.56 Å². The second kappa shape index (κ2) is 6.43. The molecule has 0 heterocycles. The van der Waals surface area contributed by atoms with Gasteiger partial charge in [-0.3, -0.25) is 10.1 Å². The van der Waals surface area contributed by atoms with Gasteiger partial charge in [0, 0.05) is 12.1 Å². The largest absolute Gasteiger partial charge is 0.447 e. The van der Waals surface area contributed by atoms with Gasteiger partial charge >= 0.3 is 5.69 Å². The molecule has 0 saturated heterocycles. The van der Waals surface area contributed by atoms with Crippen LogP contribution in [0.25, 0.3) is 0 Å². The lowest BCUT2D eigenvalue weighted by Gasteiger charge is -2.12. The third-order valence-corrected chi connectivity index (χ3v) is 3.76. The van der Waals surface area contributed by atoms with Gasteiger partial charge < -0.3 is 10.5 Å². The van der Waals surface area contributed by atoms with Crippen LogP contribution in [0.1, 0.15) is 18.5 Å². The van der Waals surface area contributed by atoms with E-state index in [1.54, 1.807) is 30.3 Å². The number of halogens is 2. The van der Waals surface area contributed by atoms with Crippen LogP contribution < -0.4 is 10.5 Å². The van der Waals surface area contributed by atoms with E-state index in [1.165, 1.54) is 6.07 Å². The summed E-state index contributed by atoms with van der Waals surface area (Å²) in [4.78, 5) is 10.5. The van der Waals surface area contributed by atoms with Crippen molar-refractivity contribution in [3.63, 3.8) is 0 Å². The van der Waals surface area contributed by atoms with E-state index in [-0.39, 0.29) is 17.5 Å². The Hall–Kier alpha value is -1.63. The summed E-state index contributed by atoms with van der Waals surface area (Å²) in [6.45, 7) is 1.84. The van der Waals surface area contributed by atoms with Crippen LogP contribution in [0.5, 0.6) is 11.5 Å². The highest BCUT2D eigenvalue weighted by Gasteiger charge is 2.19. The lowest BCUT2D eigenvalue weighted by molar-refractivity contribution is -0.385. The van der Waals surface area contributed by atoms with Crippen molar-refractivity contribution in [2.75, 3.05) is 0 Å². The van der Waals surface area contributed by atoms with Crippen molar-refractivity contribution >= 4 is 33.2 Å². The molecule has 0 spiro atoms. The highest BCUT2D eigenvalue weighted by Crippen LogP contribution is 2.40. The smallest absolute Gasteiger partial charge is 0.312 e. The summed E-state index contributed by atoms with van der Waals surface area (Å²) < 4.78 is 6.08. The van der Waals surface area contributed by atoms with Crippen LogP contribution in [0.4, 0.5) is 5.69 Å². The summed E-state index contributed by atoms with van der Waals surface area (Å²) in [7, 11) is 0. The van der Waals surface area contributed by atoms with Crippen molar-refractivity contribution < 1.29 is 9.66 Å². The molecular formula is C14H12BrClN2O3. The van der Waals surface area contributed by atoms with Gasteiger partial charge in [0.25, 0.3) is 0 Å². The molecule has 0 aliphatic carbocycles. The highest BCUT2D eigenvalue weighted by molar-refractivity contribution is 9.10. The molecule has 7 heteroatoms. The van der Waals surface area contributed by atoms with Crippen molar-refractivity contribution in [1.29, 1.82) is 0 Å². The molecule has 0 aliphatic heterocycles. The van der Waals surface area contributed by atoms with E-state index < -0.39 is 4.92 Å². The van der Waals surface area contributed by atoms with E-state index in [9.17, 15) is 10.1 Å². The minimum atomic E-state index is -0.510. The zero-order chi connectivity index (χ0) is 15.6. The number of nitro benzene ring substituents is 1. The molecule has 0 radical (unpaired) electrons. The fourth-order valence-corrected chi connectivity index (χ4v) is 2.40. The Kier molecular flexibility index (Phi) is 4.82. The Morgan fingerprint density at radius 1 is 1.38 bits per heavy atom. The molecule has 2 aromatic rings. The maximum atomic E-state index is 11.0. The maximum absolute atomic E-state index is 11.0. The van der Waals surface area contributed by atoms with Gasteiger partial charge in [0.05, 0.1) is 14.4 Å². The van der Waals surface area contributed by atoms with Crippen LogP contribution in [0.3, 0.4) is 0 Å². The lowest BCUT2D eigenvalue weighted by Crippen LogP contribution is -2.04. The minimum absolute atomic E-state index is 0.109. The monoisotopic (exact) mass is 370 g/mol. The fraction of sp³-hybridized carbons (Fsp3) is 0.143. The van der Waals surface area contributed by atoms with Crippen LogP contribution >= 0.6 is 27.5 Å². The van der Waals surface area contributed by atoms with Gasteiger partial charge in [-0.1, -0.05) is 23.7 Å². The second-order valence-corrected chi connectivity index (χ2v) is 5.69. The van der Waals surface area contributed by atoms with Crippen LogP contribution in [-0.4, -0.2) is 4.92 Å². The maximum Gasteiger partial charge on any atom is 0.312 e. The Morgan fingerprint density at radius 2 is 2.10 bits per heavy atom. The zero-order valence-electron chi connectivity index (χ0n) is 11.0. The summed E-state index contributed by atoms with van der Waals surface area (Å²) in [5.41, 5.74) is 6.49. The van der Waals surface area contributed by atoms with Crippen molar-refractivity contribution in [1.82, 2.24) is 0 Å². The number of nitrogens with zero attached hydrogens (tertiary/aromatic N) is 1. The Bertz CT molecular complexity index is 692. The second-order valence-electron chi connectivity index (χ2n) is 4.43. The van der Waals surface area contributed by atoms with Crippen molar-refractivity contribution in [3.8, 4) is 11.5 Å². The topological polar surface area (TPSA) is 78.4 Å². The molecule has 1 atom stereocenters.